The molecule has 1 aliphatic carbocycles. The molecular weight excluding hydrogens is 380 g/mol. The lowest BCUT2D eigenvalue weighted by molar-refractivity contribution is -0.122. The molecule has 6 nitrogen and oxygen atoms in total. The van der Waals surface area contributed by atoms with E-state index >= 15 is 0 Å². The van der Waals surface area contributed by atoms with E-state index in [4.69, 9.17) is 9.47 Å². The third-order valence-electron chi connectivity index (χ3n) is 5.28. The van der Waals surface area contributed by atoms with E-state index in [-0.39, 0.29) is 11.8 Å². The van der Waals surface area contributed by atoms with Gasteiger partial charge in [-0.3, -0.25) is 9.59 Å². The number of benzene rings is 2. The monoisotopic (exact) mass is 410 g/mol. The first-order valence-corrected chi connectivity index (χ1v) is 10.6. The molecule has 0 fully saturated rings. The fourth-order valence-corrected chi connectivity index (χ4v) is 3.63. The molecule has 6 heteroatoms. The van der Waals surface area contributed by atoms with E-state index in [1.54, 1.807) is 31.4 Å². The van der Waals surface area contributed by atoms with Gasteiger partial charge in [0.25, 0.3) is 11.8 Å². The van der Waals surface area contributed by atoms with Crippen molar-refractivity contribution in [3.8, 4) is 5.75 Å². The highest BCUT2D eigenvalue weighted by molar-refractivity contribution is 6.04. The van der Waals surface area contributed by atoms with E-state index < -0.39 is 6.10 Å². The SMILES string of the molecule is CC[C@H](Oc1ccc2c(c1)CCCC2)C(=O)Nc1ccccc1C(=O)NCCOC. The first kappa shape index (κ1) is 21.8. The van der Waals surface area contributed by atoms with E-state index in [9.17, 15) is 9.59 Å². The Balaban J connectivity index is 1.67. The summed E-state index contributed by atoms with van der Waals surface area (Å²) in [5, 5.41) is 5.64. The number of hydrogen-bond donors (Lipinski definition) is 2. The van der Waals surface area contributed by atoms with Gasteiger partial charge in [-0.15, -0.1) is 0 Å². The van der Waals surface area contributed by atoms with E-state index in [1.807, 2.05) is 13.0 Å². The maximum absolute atomic E-state index is 12.9. The highest BCUT2D eigenvalue weighted by atomic mass is 16.5. The van der Waals surface area contributed by atoms with Gasteiger partial charge < -0.3 is 20.1 Å². The summed E-state index contributed by atoms with van der Waals surface area (Å²) in [7, 11) is 1.58. The Morgan fingerprint density at radius 3 is 2.60 bits per heavy atom. The Morgan fingerprint density at radius 2 is 1.83 bits per heavy atom. The Hall–Kier alpha value is -2.86. The molecule has 0 aromatic heterocycles. The molecule has 0 spiro atoms. The van der Waals surface area contributed by atoms with Crippen LogP contribution in [0.2, 0.25) is 0 Å². The maximum atomic E-state index is 12.9. The molecule has 2 N–H and O–H groups in total. The molecule has 0 saturated heterocycles. The average Bonchev–Trinajstić information content (AvgIpc) is 2.77. The third kappa shape index (κ3) is 5.60. The third-order valence-corrected chi connectivity index (χ3v) is 5.28. The first-order chi connectivity index (χ1) is 14.6. The van der Waals surface area contributed by atoms with Crippen LogP contribution in [0.25, 0.3) is 0 Å². The van der Waals surface area contributed by atoms with Gasteiger partial charge >= 0.3 is 0 Å². The summed E-state index contributed by atoms with van der Waals surface area (Å²) in [6, 6.07) is 13.1. The van der Waals surface area contributed by atoms with Gasteiger partial charge in [0.1, 0.15) is 5.75 Å². The van der Waals surface area contributed by atoms with Crippen LogP contribution in [0.4, 0.5) is 5.69 Å². The lowest BCUT2D eigenvalue weighted by atomic mass is 9.92. The summed E-state index contributed by atoms with van der Waals surface area (Å²) >= 11 is 0. The van der Waals surface area contributed by atoms with Gasteiger partial charge in [-0.2, -0.15) is 0 Å². The van der Waals surface area contributed by atoms with Crippen LogP contribution in [0.15, 0.2) is 42.5 Å². The van der Waals surface area contributed by atoms with Gasteiger partial charge in [0.2, 0.25) is 0 Å². The second-order valence-corrected chi connectivity index (χ2v) is 7.44. The number of amides is 2. The summed E-state index contributed by atoms with van der Waals surface area (Å²) < 4.78 is 11.0. The molecule has 30 heavy (non-hydrogen) atoms. The van der Waals surface area contributed by atoms with Crippen LogP contribution < -0.4 is 15.4 Å². The highest BCUT2D eigenvalue weighted by Gasteiger charge is 2.21. The van der Waals surface area contributed by atoms with Gasteiger partial charge in [-0.25, -0.2) is 0 Å². The minimum atomic E-state index is -0.642. The average molecular weight is 411 g/mol. The summed E-state index contributed by atoms with van der Waals surface area (Å²) in [6.07, 6.45) is 4.46. The predicted molar refractivity (Wildman–Crippen MR) is 117 cm³/mol. The minimum absolute atomic E-state index is 0.258. The Labute approximate surface area is 178 Å². The standard InChI is InChI=1S/C24H30N2O4/c1-3-22(30-19-13-12-17-8-4-5-9-18(17)16-19)24(28)26-21-11-7-6-10-20(21)23(27)25-14-15-29-2/h6-7,10-13,16,22H,3-5,8-9,14-15H2,1-2H3,(H,25,27)(H,26,28)/t22-/m0/s1. The number of rotatable bonds is 9. The van der Waals surface area contributed by atoms with Crippen molar-refractivity contribution >= 4 is 17.5 Å². The van der Waals surface area contributed by atoms with Crippen molar-refractivity contribution in [1.82, 2.24) is 5.32 Å². The Bertz CT molecular complexity index is 881. The molecule has 1 aliphatic rings. The van der Waals surface area contributed by atoms with Crippen LogP contribution in [0, 0.1) is 0 Å². The van der Waals surface area contributed by atoms with E-state index in [1.165, 1.54) is 24.0 Å². The van der Waals surface area contributed by atoms with Gasteiger partial charge in [-0.05, 0) is 67.5 Å². The minimum Gasteiger partial charge on any atom is -0.481 e. The zero-order valence-electron chi connectivity index (χ0n) is 17.7. The van der Waals surface area contributed by atoms with Crippen LogP contribution >= 0.6 is 0 Å². The largest absolute Gasteiger partial charge is 0.481 e. The van der Waals surface area contributed by atoms with Crippen molar-refractivity contribution in [2.75, 3.05) is 25.6 Å². The number of para-hydroxylation sites is 1. The number of ether oxygens (including phenoxy) is 2. The molecular formula is C24H30N2O4. The maximum Gasteiger partial charge on any atom is 0.265 e. The summed E-state index contributed by atoms with van der Waals surface area (Å²) in [4.78, 5) is 25.3. The van der Waals surface area contributed by atoms with Gasteiger partial charge in [-0.1, -0.05) is 25.1 Å². The van der Waals surface area contributed by atoms with Gasteiger partial charge in [0, 0.05) is 13.7 Å². The van der Waals surface area contributed by atoms with E-state index in [0.717, 1.165) is 12.8 Å². The quantitative estimate of drug-likeness (QED) is 0.618. The lowest BCUT2D eigenvalue weighted by Crippen LogP contribution is -2.34. The fourth-order valence-electron chi connectivity index (χ4n) is 3.63. The first-order valence-electron chi connectivity index (χ1n) is 10.6. The molecule has 2 aromatic carbocycles. The number of carbonyl (C=O) groups is 2. The summed E-state index contributed by atoms with van der Waals surface area (Å²) in [5.41, 5.74) is 3.56. The van der Waals surface area contributed by atoms with Crippen molar-refractivity contribution in [3.63, 3.8) is 0 Å². The van der Waals surface area contributed by atoms with Crippen molar-refractivity contribution in [2.24, 2.45) is 0 Å². The molecule has 160 valence electrons. The van der Waals surface area contributed by atoms with Crippen LogP contribution in [0.5, 0.6) is 5.75 Å². The summed E-state index contributed by atoms with van der Waals surface area (Å²) in [6.45, 7) is 2.73. The van der Waals surface area contributed by atoms with Crippen molar-refractivity contribution < 1.29 is 19.1 Å². The zero-order valence-corrected chi connectivity index (χ0v) is 17.7. The number of nitrogens with one attached hydrogen (secondary N) is 2. The van der Waals surface area contributed by atoms with Crippen molar-refractivity contribution in [2.45, 2.75) is 45.1 Å². The topological polar surface area (TPSA) is 76.7 Å². The van der Waals surface area contributed by atoms with E-state index in [2.05, 4.69) is 22.8 Å². The molecule has 2 amide bonds. The molecule has 0 radical (unpaired) electrons. The van der Waals surface area contributed by atoms with Crippen molar-refractivity contribution in [1.29, 1.82) is 0 Å². The summed E-state index contributed by atoms with van der Waals surface area (Å²) in [5.74, 6) is 0.183. The lowest BCUT2D eigenvalue weighted by Gasteiger charge is -2.21. The normalized spacial score (nSPS) is 13.8. The molecule has 1 atom stereocenters. The molecule has 3 rings (SSSR count). The number of fused-ring (bicyclic) bond motifs is 1. The molecule has 0 bridgehead atoms. The van der Waals surface area contributed by atoms with Crippen LogP contribution in [0.3, 0.4) is 0 Å². The predicted octanol–water partition coefficient (Wildman–Crippen LogP) is 3.74. The number of carbonyl (C=O) groups excluding carboxylic acids is 2. The second kappa shape index (κ2) is 10.8. The highest BCUT2D eigenvalue weighted by Crippen LogP contribution is 2.26. The molecule has 0 heterocycles. The van der Waals surface area contributed by atoms with Gasteiger partial charge in [0.15, 0.2) is 6.10 Å². The fraction of sp³-hybridized carbons (Fsp3) is 0.417. The van der Waals surface area contributed by atoms with Crippen LogP contribution in [-0.4, -0.2) is 38.2 Å². The number of aryl methyl sites for hydroxylation is 2. The number of methoxy groups -OCH3 is 1. The molecule has 2 aromatic rings. The Morgan fingerprint density at radius 1 is 1.07 bits per heavy atom. The van der Waals surface area contributed by atoms with Crippen LogP contribution in [0.1, 0.15) is 47.7 Å². The number of anilines is 1. The Kier molecular flexibility index (Phi) is 7.85. The second-order valence-electron chi connectivity index (χ2n) is 7.44. The molecule has 0 aliphatic heterocycles. The van der Waals surface area contributed by atoms with Crippen LogP contribution in [-0.2, 0) is 22.4 Å². The molecule has 0 saturated carbocycles. The van der Waals surface area contributed by atoms with Crippen molar-refractivity contribution in [3.05, 3.63) is 59.2 Å². The molecule has 0 unspecified atom stereocenters. The van der Waals surface area contributed by atoms with E-state index in [0.29, 0.717) is 36.6 Å². The smallest absolute Gasteiger partial charge is 0.265 e. The number of hydrogen-bond acceptors (Lipinski definition) is 4. The zero-order chi connectivity index (χ0) is 21.3. The van der Waals surface area contributed by atoms with Gasteiger partial charge in [0.05, 0.1) is 17.9 Å².